The number of carboxylic acid groups (broad SMARTS) is 1. The average Bonchev–Trinajstić information content (AvgIpc) is 2.71. The number of aliphatic carboxylic acids is 1. The van der Waals surface area contributed by atoms with E-state index in [1.54, 1.807) is 20.8 Å². The molecule has 8 nitrogen and oxygen atoms in total. The molecule has 0 aromatic heterocycles. The zero-order valence-electron chi connectivity index (χ0n) is 19.7. The predicted octanol–water partition coefficient (Wildman–Crippen LogP) is 3.01. The summed E-state index contributed by atoms with van der Waals surface area (Å²) in [4.78, 5) is 22.4. The van der Waals surface area contributed by atoms with Crippen LogP contribution in [0.2, 0.25) is 0 Å². The van der Waals surface area contributed by atoms with E-state index in [0.29, 0.717) is 13.2 Å². The minimum Gasteiger partial charge on any atom is -0.479 e. The molecule has 0 amide bonds. The Hall–Kier alpha value is -1.22. The Kier molecular flexibility index (Phi) is 14.0. The van der Waals surface area contributed by atoms with E-state index in [4.69, 9.17) is 25.1 Å². The quantitative estimate of drug-likeness (QED) is 0.267. The summed E-state index contributed by atoms with van der Waals surface area (Å²) in [6.07, 6.45) is 12.9. The lowest BCUT2D eigenvalue weighted by atomic mass is 9.91. The number of nitrogens with two attached hydrogens (primary N) is 1. The van der Waals surface area contributed by atoms with E-state index in [-0.39, 0.29) is 13.2 Å². The van der Waals surface area contributed by atoms with Crippen LogP contribution in [0.25, 0.3) is 0 Å². The van der Waals surface area contributed by atoms with Gasteiger partial charge < -0.3 is 30.4 Å². The Morgan fingerprint density at radius 3 is 1.87 bits per heavy atom. The van der Waals surface area contributed by atoms with Crippen LogP contribution in [0.5, 0.6) is 0 Å². The zero-order chi connectivity index (χ0) is 23.1. The van der Waals surface area contributed by atoms with Gasteiger partial charge >= 0.3 is 11.9 Å². The van der Waals surface area contributed by atoms with Crippen LogP contribution < -0.4 is 11.1 Å². The van der Waals surface area contributed by atoms with Gasteiger partial charge in [-0.05, 0) is 46.5 Å². The molecule has 0 aromatic rings. The normalized spacial score (nSPS) is 19.2. The Morgan fingerprint density at radius 1 is 0.935 bits per heavy atom. The summed E-state index contributed by atoms with van der Waals surface area (Å²) >= 11 is 0. The SMILES string of the molecule is C1CCC(NC2CCCCC2)CC1.CC(C)(C)OC(=O)C(OCCOCCN)C(=O)O. The van der Waals surface area contributed by atoms with Crippen molar-refractivity contribution in [2.75, 3.05) is 26.4 Å². The first-order valence-corrected chi connectivity index (χ1v) is 11.8. The van der Waals surface area contributed by atoms with Crippen LogP contribution in [0.15, 0.2) is 0 Å². The molecule has 0 bridgehead atoms. The van der Waals surface area contributed by atoms with Crippen LogP contribution in [-0.2, 0) is 23.8 Å². The van der Waals surface area contributed by atoms with Gasteiger partial charge in [0, 0.05) is 18.6 Å². The molecule has 182 valence electrons. The Morgan fingerprint density at radius 2 is 1.45 bits per heavy atom. The van der Waals surface area contributed by atoms with Crippen LogP contribution in [0, 0.1) is 0 Å². The van der Waals surface area contributed by atoms with Crippen molar-refractivity contribution in [3.63, 3.8) is 0 Å². The molecule has 8 heteroatoms. The van der Waals surface area contributed by atoms with E-state index in [2.05, 4.69) is 5.32 Å². The molecule has 4 N–H and O–H groups in total. The summed E-state index contributed by atoms with van der Waals surface area (Å²) in [6, 6.07) is 1.74. The lowest BCUT2D eigenvalue weighted by molar-refractivity contribution is -0.178. The molecule has 0 aliphatic heterocycles. The number of hydrogen-bond acceptors (Lipinski definition) is 7. The van der Waals surface area contributed by atoms with Crippen LogP contribution in [0.3, 0.4) is 0 Å². The monoisotopic (exact) mass is 444 g/mol. The fourth-order valence-corrected chi connectivity index (χ4v) is 3.88. The highest BCUT2D eigenvalue weighted by molar-refractivity contribution is 5.97. The van der Waals surface area contributed by atoms with E-state index in [0.717, 1.165) is 12.1 Å². The van der Waals surface area contributed by atoms with Gasteiger partial charge in [0.25, 0.3) is 6.10 Å². The summed E-state index contributed by atoms with van der Waals surface area (Å²) in [5.74, 6) is -2.31. The molecule has 0 aromatic carbocycles. The van der Waals surface area contributed by atoms with Crippen molar-refractivity contribution >= 4 is 11.9 Å². The van der Waals surface area contributed by atoms with Crippen LogP contribution >= 0.6 is 0 Å². The van der Waals surface area contributed by atoms with Crippen LogP contribution in [-0.4, -0.2) is 67.2 Å². The first-order chi connectivity index (χ1) is 14.7. The van der Waals surface area contributed by atoms with Gasteiger partial charge in [0.1, 0.15) is 5.60 Å². The second-order valence-electron chi connectivity index (χ2n) is 9.36. The van der Waals surface area contributed by atoms with E-state index in [9.17, 15) is 9.59 Å². The van der Waals surface area contributed by atoms with Gasteiger partial charge in [-0.3, -0.25) is 0 Å². The van der Waals surface area contributed by atoms with E-state index >= 15 is 0 Å². The maximum atomic E-state index is 11.5. The molecule has 31 heavy (non-hydrogen) atoms. The van der Waals surface area contributed by atoms with Crippen LogP contribution in [0.1, 0.15) is 85.0 Å². The van der Waals surface area contributed by atoms with Gasteiger partial charge in [0.05, 0.1) is 19.8 Å². The molecule has 0 saturated heterocycles. The minimum atomic E-state index is -1.63. The molecule has 0 heterocycles. The summed E-state index contributed by atoms with van der Waals surface area (Å²) in [5, 5.41) is 12.7. The lowest BCUT2D eigenvalue weighted by Gasteiger charge is -2.30. The maximum Gasteiger partial charge on any atom is 0.347 e. The van der Waals surface area contributed by atoms with E-state index in [1.165, 1.54) is 64.2 Å². The molecule has 2 saturated carbocycles. The minimum absolute atomic E-state index is 0.0176. The Labute approximate surface area is 187 Å². The third-order valence-corrected chi connectivity index (χ3v) is 5.30. The number of hydrogen-bond donors (Lipinski definition) is 3. The molecule has 0 radical (unpaired) electrons. The first kappa shape index (κ1) is 27.8. The van der Waals surface area contributed by atoms with Crippen molar-refractivity contribution in [2.24, 2.45) is 5.73 Å². The summed E-state index contributed by atoms with van der Waals surface area (Å²) in [5.41, 5.74) is 4.44. The van der Waals surface area contributed by atoms with Crippen molar-refractivity contribution in [2.45, 2.75) is 109 Å². The van der Waals surface area contributed by atoms with Gasteiger partial charge in [-0.15, -0.1) is 0 Å². The van der Waals surface area contributed by atoms with Crippen molar-refractivity contribution in [3.05, 3.63) is 0 Å². The van der Waals surface area contributed by atoms with Crippen molar-refractivity contribution in [1.29, 1.82) is 0 Å². The fourth-order valence-electron chi connectivity index (χ4n) is 3.88. The summed E-state index contributed by atoms with van der Waals surface area (Å²) in [6.45, 7) is 5.82. The highest BCUT2D eigenvalue weighted by atomic mass is 16.6. The molecule has 2 aliphatic carbocycles. The molecule has 2 rings (SSSR count). The number of carbonyl (C=O) groups is 2. The van der Waals surface area contributed by atoms with E-state index < -0.39 is 23.6 Å². The highest BCUT2D eigenvalue weighted by Crippen LogP contribution is 2.22. The Balaban J connectivity index is 0.000000323. The van der Waals surface area contributed by atoms with Gasteiger partial charge in [-0.2, -0.15) is 0 Å². The standard InChI is InChI=1S/C12H23N.C11H21NO6/c1-3-7-11(8-4-1)13-12-9-5-2-6-10-12;1-11(2,3)18-10(15)8(9(13)14)17-7-6-16-5-4-12/h11-13H,1-10H2;8H,4-7,12H2,1-3H3,(H,13,14). The number of ether oxygens (including phenoxy) is 3. The zero-order valence-corrected chi connectivity index (χ0v) is 19.7. The molecule has 2 fully saturated rings. The van der Waals surface area contributed by atoms with Crippen molar-refractivity contribution in [1.82, 2.24) is 5.32 Å². The second kappa shape index (κ2) is 15.6. The number of carbonyl (C=O) groups excluding carboxylic acids is 1. The molecule has 1 atom stereocenters. The third-order valence-electron chi connectivity index (χ3n) is 5.30. The lowest BCUT2D eigenvalue weighted by Crippen LogP contribution is -2.40. The van der Waals surface area contributed by atoms with Gasteiger partial charge in [-0.25, -0.2) is 9.59 Å². The number of nitrogens with one attached hydrogen (secondary N) is 1. The maximum absolute atomic E-state index is 11.5. The largest absolute Gasteiger partial charge is 0.479 e. The fraction of sp³-hybridized carbons (Fsp3) is 0.913. The van der Waals surface area contributed by atoms with E-state index in [1.807, 2.05) is 0 Å². The molecule has 2 aliphatic rings. The summed E-state index contributed by atoms with van der Waals surface area (Å²) in [7, 11) is 0. The smallest absolute Gasteiger partial charge is 0.347 e. The predicted molar refractivity (Wildman–Crippen MR) is 120 cm³/mol. The van der Waals surface area contributed by atoms with Gasteiger partial charge in [-0.1, -0.05) is 38.5 Å². The number of rotatable bonds is 10. The molecular formula is C23H44N2O6. The van der Waals surface area contributed by atoms with Crippen molar-refractivity contribution in [3.8, 4) is 0 Å². The molecule has 1 unspecified atom stereocenters. The molecular weight excluding hydrogens is 400 g/mol. The summed E-state index contributed by atoms with van der Waals surface area (Å²) < 4.78 is 14.9. The first-order valence-electron chi connectivity index (χ1n) is 11.8. The second-order valence-corrected chi connectivity index (χ2v) is 9.36. The van der Waals surface area contributed by atoms with Gasteiger partial charge in [0.15, 0.2) is 0 Å². The molecule has 0 spiro atoms. The topological polar surface area (TPSA) is 120 Å². The van der Waals surface area contributed by atoms with Crippen LogP contribution in [0.4, 0.5) is 0 Å². The van der Waals surface area contributed by atoms with Crippen molar-refractivity contribution < 1.29 is 28.9 Å². The highest BCUT2D eigenvalue weighted by Gasteiger charge is 2.31. The third kappa shape index (κ3) is 13.7. The number of carboxylic acids is 1. The Bertz CT molecular complexity index is 481. The average molecular weight is 445 g/mol. The number of esters is 1. The van der Waals surface area contributed by atoms with Gasteiger partial charge in [0.2, 0.25) is 0 Å².